The molecular weight excluding hydrogens is 316 g/mol. The van der Waals surface area contributed by atoms with Crippen LogP contribution in [-0.4, -0.2) is 67.4 Å². The third-order valence-electron chi connectivity index (χ3n) is 5.19. The van der Waals surface area contributed by atoms with Gasteiger partial charge in [-0.3, -0.25) is 14.5 Å². The number of nitrogens with zero attached hydrogens (tertiary/aromatic N) is 2. The van der Waals surface area contributed by atoms with Gasteiger partial charge in [-0.25, -0.2) is 0 Å². The lowest BCUT2D eigenvalue weighted by Gasteiger charge is -2.34. The number of ether oxygens (including phenoxy) is 1. The fraction of sp³-hybridized carbons (Fsp3) is 0.600. The minimum absolute atomic E-state index is 0.0787. The Morgan fingerprint density at radius 1 is 1.08 bits per heavy atom. The highest BCUT2D eigenvalue weighted by Crippen LogP contribution is 2.20. The highest BCUT2D eigenvalue weighted by molar-refractivity contribution is 5.82. The first-order chi connectivity index (χ1) is 12.2. The Bertz CT molecular complexity index is 570. The van der Waals surface area contributed by atoms with Crippen molar-refractivity contribution >= 4 is 11.7 Å². The van der Waals surface area contributed by atoms with Crippen LogP contribution in [0.15, 0.2) is 30.3 Å². The molecule has 25 heavy (non-hydrogen) atoms. The SMILES string of the molecule is O=C(CCc1ccccc1)[C@@H]1CCCN(CC(=O)N2CCOCC2)C1. The number of morpholine rings is 1. The Labute approximate surface area is 149 Å². The van der Waals surface area contributed by atoms with Gasteiger partial charge in [0.1, 0.15) is 5.78 Å². The second-order valence-corrected chi connectivity index (χ2v) is 7.02. The maximum Gasteiger partial charge on any atom is 0.236 e. The van der Waals surface area contributed by atoms with Crippen LogP contribution in [0, 0.1) is 5.92 Å². The quantitative estimate of drug-likeness (QED) is 0.789. The molecule has 0 aliphatic carbocycles. The van der Waals surface area contributed by atoms with Gasteiger partial charge < -0.3 is 9.64 Å². The van der Waals surface area contributed by atoms with E-state index in [1.165, 1.54) is 5.56 Å². The lowest BCUT2D eigenvalue weighted by Crippen LogP contribution is -2.48. The molecule has 1 aromatic carbocycles. The van der Waals surface area contributed by atoms with Gasteiger partial charge in [0, 0.05) is 32.0 Å². The van der Waals surface area contributed by atoms with E-state index in [4.69, 9.17) is 4.74 Å². The Hall–Kier alpha value is -1.72. The second-order valence-electron chi connectivity index (χ2n) is 7.02. The number of ketones is 1. The summed E-state index contributed by atoms with van der Waals surface area (Å²) in [6.07, 6.45) is 3.36. The number of amides is 1. The van der Waals surface area contributed by atoms with Gasteiger partial charge in [-0.15, -0.1) is 0 Å². The van der Waals surface area contributed by atoms with E-state index in [1.54, 1.807) is 0 Å². The highest BCUT2D eigenvalue weighted by atomic mass is 16.5. The first kappa shape index (κ1) is 18.1. The molecule has 5 heteroatoms. The van der Waals surface area contributed by atoms with E-state index in [0.717, 1.165) is 32.4 Å². The first-order valence-electron chi connectivity index (χ1n) is 9.37. The summed E-state index contributed by atoms with van der Waals surface area (Å²) >= 11 is 0. The Morgan fingerprint density at radius 2 is 1.84 bits per heavy atom. The molecule has 136 valence electrons. The standard InChI is InChI=1S/C20H28N2O3/c23-19(9-8-17-5-2-1-3-6-17)18-7-4-10-21(15-18)16-20(24)22-11-13-25-14-12-22/h1-3,5-6,18H,4,7-16H2/t18-/m1/s1. The van der Waals surface area contributed by atoms with Crippen LogP contribution in [0.3, 0.4) is 0 Å². The normalized spacial score (nSPS) is 21.9. The molecule has 5 nitrogen and oxygen atoms in total. The van der Waals surface area contributed by atoms with E-state index in [-0.39, 0.29) is 11.8 Å². The zero-order valence-electron chi connectivity index (χ0n) is 14.9. The second kappa shape index (κ2) is 9.11. The van der Waals surface area contributed by atoms with E-state index in [0.29, 0.717) is 45.1 Å². The van der Waals surface area contributed by atoms with Gasteiger partial charge in [0.2, 0.25) is 5.91 Å². The lowest BCUT2D eigenvalue weighted by atomic mass is 9.90. The molecule has 0 radical (unpaired) electrons. The summed E-state index contributed by atoms with van der Waals surface area (Å²) in [4.78, 5) is 29.0. The number of carbonyl (C=O) groups excluding carboxylic acids is 2. The molecule has 0 bridgehead atoms. The Balaban J connectivity index is 1.45. The molecule has 1 amide bonds. The number of hydrogen-bond acceptors (Lipinski definition) is 4. The minimum Gasteiger partial charge on any atom is -0.378 e. The van der Waals surface area contributed by atoms with E-state index in [2.05, 4.69) is 17.0 Å². The number of piperidine rings is 1. The third-order valence-corrected chi connectivity index (χ3v) is 5.19. The summed E-state index contributed by atoms with van der Waals surface area (Å²) in [6, 6.07) is 10.2. The predicted molar refractivity (Wildman–Crippen MR) is 96.3 cm³/mol. The van der Waals surface area contributed by atoms with Crippen LogP contribution in [0.1, 0.15) is 24.8 Å². The molecule has 2 saturated heterocycles. The van der Waals surface area contributed by atoms with Crippen LogP contribution in [0.25, 0.3) is 0 Å². The molecule has 2 aliphatic heterocycles. The Kier molecular flexibility index (Phi) is 6.59. The van der Waals surface area contributed by atoms with Gasteiger partial charge in [0.25, 0.3) is 0 Å². The molecular formula is C20H28N2O3. The van der Waals surface area contributed by atoms with Gasteiger partial charge in [-0.05, 0) is 31.4 Å². The van der Waals surface area contributed by atoms with Crippen LogP contribution in [0.2, 0.25) is 0 Å². The van der Waals surface area contributed by atoms with Crippen molar-refractivity contribution < 1.29 is 14.3 Å². The van der Waals surface area contributed by atoms with Gasteiger partial charge in [0.15, 0.2) is 0 Å². The molecule has 0 saturated carbocycles. The lowest BCUT2D eigenvalue weighted by molar-refractivity contribution is -0.137. The van der Waals surface area contributed by atoms with Crippen LogP contribution in [0.5, 0.6) is 0 Å². The summed E-state index contributed by atoms with van der Waals surface area (Å²) in [7, 11) is 0. The minimum atomic E-state index is 0.0787. The topological polar surface area (TPSA) is 49.9 Å². The van der Waals surface area contributed by atoms with Crippen molar-refractivity contribution in [1.82, 2.24) is 9.80 Å². The fourth-order valence-corrected chi connectivity index (χ4v) is 3.68. The third kappa shape index (κ3) is 5.38. The van der Waals surface area contributed by atoms with Crippen LogP contribution in [-0.2, 0) is 20.7 Å². The largest absolute Gasteiger partial charge is 0.378 e. The molecule has 2 fully saturated rings. The van der Waals surface area contributed by atoms with Gasteiger partial charge in [-0.1, -0.05) is 30.3 Å². The maximum atomic E-state index is 12.6. The van der Waals surface area contributed by atoms with Crippen molar-refractivity contribution in [3.63, 3.8) is 0 Å². The van der Waals surface area contributed by atoms with Crippen molar-refractivity contribution in [3.8, 4) is 0 Å². The molecule has 1 atom stereocenters. The summed E-state index contributed by atoms with van der Waals surface area (Å²) in [5.41, 5.74) is 1.21. The summed E-state index contributed by atoms with van der Waals surface area (Å²) in [5, 5.41) is 0. The van der Waals surface area contributed by atoms with Crippen molar-refractivity contribution in [2.75, 3.05) is 45.9 Å². The fourth-order valence-electron chi connectivity index (χ4n) is 3.68. The molecule has 0 aromatic heterocycles. The molecule has 0 spiro atoms. The van der Waals surface area contributed by atoms with Crippen molar-refractivity contribution in [1.29, 1.82) is 0 Å². The maximum absolute atomic E-state index is 12.6. The molecule has 0 unspecified atom stereocenters. The van der Waals surface area contributed by atoms with E-state index in [9.17, 15) is 9.59 Å². The van der Waals surface area contributed by atoms with E-state index < -0.39 is 0 Å². The summed E-state index contributed by atoms with van der Waals surface area (Å²) < 4.78 is 5.30. The predicted octanol–water partition coefficient (Wildman–Crippen LogP) is 1.76. The monoisotopic (exact) mass is 344 g/mol. The molecule has 0 N–H and O–H groups in total. The summed E-state index contributed by atoms with van der Waals surface area (Å²) in [5.74, 6) is 0.586. The molecule has 3 rings (SSSR count). The van der Waals surface area contributed by atoms with E-state index >= 15 is 0 Å². The number of aryl methyl sites for hydroxylation is 1. The smallest absolute Gasteiger partial charge is 0.236 e. The van der Waals surface area contributed by atoms with Crippen molar-refractivity contribution in [3.05, 3.63) is 35.9 Å². The number of hydrogen-bond donors (Lipinski definition) is 0. The van der Waals surface area contributed by atoms with Crippen LogP contribution in [0.4, 0.5) is 0 Å². The number of likely N-dealkylation sites (tertiary alicyclic amines) is 1. The van der Waals surface area contributed by atoms with Crippen molar-refractivity contribution in [2.45, 2.75) is 25.7 Å². The highest BCUT2D eigenvalue weighted by Gasteiger charge is 2.27. The van der Waals surface area contributed by atoms with Gasteiger partial charge in [0.05, 0.1) is 19.8 Å². The van der Waals surface area contributed by atoms with E-state index in [1.807, 2.05) is 23.1 Å². The average molecular weight is 344 g/mol. The first-order valence-corrected chi connectivity index (χ1v) is 9.37. The number of rotatable bonds is 6. The number of Topliss-reactive ketones (excluding diaryl/α,β-unsaturated/α-hetero) is 1. The zero-order chi connectivity index (χ0) is 17.5. The van der Waals surface area contributed by atoms with Crippen molar-refractivity contribution in [2.24, 2.45) is 5.92 Å². The Morgan fingerprint density at radius 3 is 2.60 bits per heavy atom. The number of carbonyl (C=O) groups is 2. The average Bonchev–Trinajstić information content (AvgIpc) is 2.68. The number of benzene rings is 1. The van der Waals surface area contributed by atoms with Gasteiger partial charge in [-0.2, -0.15) is 0 Å². The summed E-state index contributed by atoms with van der Waals surface area (Å²) in [6.45, 7) is 4.71. The molecule has 2 heterocycles. The molecule has 2 aliphatic rings. The van der Waals surface area contributed by atoms with Crippen LogP contribution >= 0.6 is 0 Å². The van der Waals surface area contributed by atoms with Crippen LogP contribution < -0.4 is 0 Å². The van der Waals surface area contributed by atoms with Gasteiger partial charge >= 0.3 is 0 Å². The zero-order valence-corrected chi connectivity index (χ0v) is 14.9. The molecule has 1 aromatic rings.